The minimum atomic E-state index is -0.441. The number of carbonyl (C=O) groups excluding carboxylic acids is 1. The summed E-state index contributed by atoms with van der Waals surface area (Å²) in [6, 6.07) is 3.87. The van der Waals surface area contributed by atoms with Gasteiger partial charge in [-0.3, -0.25) is 4.79 Å². The van der Waals surface area contributed by atoms with Crippen LogP contribution in [0.25, 0.3) is 0 Å². The zero-order valence-corrected chi connectivity index (χ0v) is 11.3. The van der Waals surface area contributed by atoms with Gasteiger partial charge in [-0.05, 0) is 36.5 Å². The highest BCUT2D eigenvalue weighted by Gasteiger charge is 2.27. The van der Waals surface area contributed by atoms with Crippen LogP contribution in [0.15, 0.2) is 18.2 Å². The number of nitrogens with one attached hydrogen (secondary N) is 1. The Bertz CT molecular complexity index is 467. The lowest BCUT2D eigenvalue weighted by Gasteiger charge is -2.33. The van der Waals surface area contributed by atoms with Gasteiger partial charge in [0.15, 0.2) is 0 Å². The first-order valence-corrected chi connectivity index (χ1v) is 6.83. The summed E-state index contributed by atoms with van der Waals surface area (Å²) in [6.45, 7) is 2.82. The Morgan fingerprint density at radius 2 is 2.05 bits per heavy atom. The fourth-order valence-corrected chi connectivity index (χ4v) is 2.70. The van der Waals surface area contributed by atoms with Crippen molar-refractivity contribution >= 4 is 11.6 Å². The van der Waals surface area contributed by atoms with Crippen LogP contribution >= 0.6 is 0 Å². The van der Waals surface area contributed by atoms with Crippen molar-refractivity contribution in [2.24, 2.45) is 5.41 Å². The summed E-state index contributed by atoms with van der Waals surface area (Å²) >= 11 is 0. The molecule has 0 unspecified atom stereocenters. The normalized spacial score (nSPS) is 18.0. The van der Waals surface area contributed by atoms with E-state index in [1.807, 2.05) is 0 Å². The first-order chi connectivity index (χ1) is 9.00. The quantitative estimate of drug-likeness (QED) is 0.824. The first kappa shape index (κ1) is 13.8. The van der Waals surface area contributed by atoms with Crippen molar-refractivity contribution in [2.75, 3.05) is 12.3 Å². The summed E-state index contributed by atoms with van der Waals surface area (Å²) in [4.78, 5) is 12.0. The number of carbonyl (C=O) groups is 1. The standard InChI is InChI=1S/C15H21FN2O/c1-15(7-3-2-4-8-15)10-18-14(19)12-9-11(16)5-6-13(12)17/h5-6,9H,2-4,7-8,10,17H2,1H3,(H,18,19). The maximum atomic E-state index is 13.1. The molecule has 3 N–H and O–H groups in total. The van der Waals surface area contributed by atoms with Crippen LogP contribution in [-0.2, 0) is 0 Å². The van der Waals surface area contributed by atoms with Gasteiger partial charge in [-0.15, -0.1) is 0 Å². The van der Waals surface area contributed by atoms with Gasteiger partial charge in [-0.2, -0.15) is 0 Å². The van der Waals surface area contributed by atoms with E-state index in [1.54, 1.807) is 0 Å². The number of halogens is 1. The predicted molar refractivity (Wildman–Crippen MR) is 74.3 cm³/mol. The number of anilines is 1. The molecular weight excluding hydrogens is 243 g/mol. The fourth-order valence-electron chi connectivity index (χ4n) is 2.70. The molecule has 0 bridgehead atoms. The van der Waals surface area contributed by atoms with Crippen molar-refractivity contribution in [3.05, 3.63) is 29.6 Å². The van der Waals surface area contributed by atoms with E-state index < -0.39 is 5.82 Å². The zero-order valence-electron chi connectivity index (χ0n) is 11.3. The summed E-state index contributed by atoms with van der Waals surface area (Å²) < 4.78 is 13.1. The van der Waals surface area contributed by atoms with Crippen LogP contribution in [0.2, 0.25) is 0 Å². The predicted octanol–water partition coefficient (Wildman–Crippen LogP) is 3.11. The molecule has 2 rings (SSSR count). The summed E-state index contributed by atoms with van der Waals surface area (Å²) in [5.74, 6) is -0.730. The van der Waals surface area contributed by atoms with Crippen LogP contribution in [0.3, 0.4) is 0 Å². The summed E-state index contributed by atoms with van der Waals surface area (Å²) in [6.07, 6.45) is 5.97. The topological polar surface area (TPSA) is 55.1 Å². The van der Waals surface area contributed by atoms with E-state index in [0.717, 1.165) is 12.8 Å². The maximum absolute atomic E-state index is 13.1. The van der Waals surface area contributed by atoms with E-state index in [1.165, 1.54) is 37.5 Å². The van der Waals surface area contributed by atoms with Crippen LogP contribution < -0.4 is 11.1 Å². The summed E-state index contributed by atoms with van der Waals surface area (Å²) in [5, 5.41) is 2.89. The molecule has 0 heterocycles. The highest BCUT2D eigenvalue weighted by Crippen LogP contribution is 2.35. The van der Waals surface area contributed by atoms with Gasteiger partial charge < -0.3 is 11.1 Å². The average Bonchev–Trinajstić information content (AvgIpc) is 2.40. The molecule has 1 saturated carbocycles. The molecule has 1 amide bonds. The zero-order chi connectivity index (χ0) is 13.9. The number of nitrogen functional groups attached to an aromatic ring is 1. The molecule has 1 fully saturated rings. The van der Waals surface area contributed by atoms with Crippen molar-refractivity contribution < 1.29 is 9.18 Å². The molecule has 19 heavy (non-hydrogen) atoms. The third-order valence-corrected chi connectivity index (χ3v) is 4.00. The molecule has 4 heteroatoms. The molecule has 0 aromatic heterocycles. The lowest BCUT2D eigenvalue weighted by atomic mass is 9.76. The lowest BCUT2D eigenvalue weighted by Crippen LogP contribution is -2.37. The Kier molecular flexibility index (Phi) is 4.08. The summed E-state index contributed by atoms with van der Waals surface area (Å²) in [5.41, 5.74) is 6.40. The Balaban J connectivity index is 1.99. The van der Waals surface area contributed by atoms with Gasteiger partial charge in [-0.1, -0.05) is 26.2 Å². The van der Waals surface area contributed by atoms with Crippen LogP contribution in [0.4, 0.5) is 10.1 Å². The highest BCUT2D eigenvalue weighted by molar-refractivity contribution is 5.99. The number of benzene rings is 1. The van der Waals surface area contributed by atoms with Gasteiger partial charge in [0.2, 0.25) is 0 Å². The lowest BCUT2D eigenvalue weighted by molar-refractivity contribution is 0.0919. The third kappa shape index (κ3) is 3.46. The Labute approximate surface area is 113 Å². The molecular formula is C15H21FN2O. The molecule has 0 atom stereocenters. The molecule has 1 aliphatic carbocycles. The van der Waals surface area contributed by atoms with Crippen LogP contribution in [-0.4, -0.2) is 12.5 Å². The summed E-state index contributed by atoms with van der Waals surface area (Å²) in [7, 11) is 0. The van der Waals surface area contributed by atoms with Crippen molar-refractivity contribution in [3.63, 3.8) is 0 Å². The van der Waals surface area contributed by atoms with Crippen molar-refractivity contribution in [1.82, 2.24) is 5.32 Å². The molecule has 1 aromatic rings. The number of hydrogen-bond donors (Lipinski definition) is 2. The number of amides is 1. The number of nitrogens with two attached hydrogens (primary N) is 1. The Morgan fingerprint density at radius 1 is 1.37 bits per heavy atom. The smallest absolute Gasteiger partial charge is 0.253 e. The van der Waals surface area contributed by atoms with Crippen LogP contribution in [0, 0.1) is 11.2 Å². The van der Waals surface area contributed by atoms with Gasteiger partial charge in [0.25, 0.3) is 5.91 Å². The van der Waals surface area contributed by atoms with Crippen LogP contribution in [0.5, 0.6) is 0 Å². The van der Waals surface area contributed by atoms with E-state index in [4.69, 9.17) is 5.73 Å². The third-order valence-electron chi connectivity index (χ3n) is 4.00. The van der Waals surface area contributed by atoms with Crippen molar-refractivity contribution in [2.45, 2.75) is 39.0 Å². The average molecular weight is 264 g/mol. The first-order valence-electron chi connectivity index (χ1n) is 6.83. The maximum Gasteiger partial charge on any atom is 0.253 e. The second kappa shape index (κ2) is 5.59. The molecule has 0 saturated heterocycles. The largest absolute Gasteiger partial charge is 0.398 e. The van der Waals surface area contributed by atoms with Gasteiger partial charge in [-0.25, -0.2) is 4.39 Å². The molecule has 3 nitrogen and oxygen atoms in total. The Hall–Kier alpha value is -1.58. The van der Waals surface area contributed by atoms with Gasteiger partial charge in [0.1, 0.15) is 5.82 Å². The Morgan fingerprint density at radius 3 is 2.74 bits per heavy atom. The van der Waals surface area contributed by atoms with Crippen molar-refractivity contribution in [3.8, 4) is 0 Å². The molecule has 1 aromatic carbocycles. The van der Waals surface area contributed by atoms with E-state index in [2.05, 4.69) is 12.2 Å². The highest BCUT2D eigenvalue weighted by atomic mass is 19.1. The number of hydrogen-bond acceptors (Lipinski definition) is 2. The van der Waals surface area contributed by atoms with E-state index in [-0.39, 0.29) is 16.9 Å². The molecule has 0 aliphatic heterocycles. The number of rotatable bonds is 3. The fraction of sp³-hybridized carbons (Fsp3) is 0.533. The second-order valence-electron chi connectivity index (χ2n) is 5.79. The minimum Gasteiger partial charge on any atom is -0.398 e. The molecule has 104 valence electrons. The van der Waals surface area contributed by atoms with Crippen LogP contribution in [0.1, 0.15) is 49.4 Å². The SMILES string of the molecule is CC1(CNC(=O)c2cc(F)ccc2N)CCCCC1. The molecule has 0 radical (unpaired) electrons. The van der Waals surface area contributed by atoms with Gasteiger partial charge >= 0.3 is 0 Å². The van der Waals surface area contributed by atoms with Gasteiger partial charge in [0.05, 0.1) is 5.56 Å². The monoisotopic (exact) mass is 264 g/mol. The second-order valence-corrected chi connectivity index (χ2v) is 5.79. The van der Waals surface area contributed by atoms with Gasteiger partial charge in [0, 0.05) is 12.2 Å². The molecule has 1 aliphatic rings. The molecule has 0 spiro atoms. The van der Waals surface area contributed by atoms with Crippen molar-refractivity contribution in [1.29, 1.82) is 0 Å². The van der Waals surface area contributed by atoms with E-state index >= 15 is 0 Å². The minimum absolute atomic E-state index is 0.163. The van der Waals surface area contributed by atoms with E-state index in [9.17, 15) is 9.18 Å². The van der Waals surface area contributed by atoms with E-state index in [0.29, 0.717) is 12.2 Å².